The van der Waals surface area contributed by atoms with Crippen molar-refractivity contribution in [2.45, 2.75) is 44.9 Å². The van der Waals surface area contributed by atoms with Crippen LogP contribution in [0, 0.1) is 5.92 Å². The number of carbonyl (C=O) groups is 1. The van der Waals surface area contributed by atoms with Crippen LogP contribution in [0.1, 0.15) is 45.1 Å². The summed E-state index contributed by atoms with van der Waals surface area (Å²) in [6, 6.07) is 8.53. The van der Waals surface area contributed by atoms with Gasteiger partial charge in [-0.15, -0.1) is 0 Å². The van der Waals surface area contributed by atoms with Crippen molar-refractivity contribution < 1.29 is 4.79 Å². The fourth-order valence-electron chi connectivity index (χ4n) is 2.80. The summed E-state index contributed by atoms with van der Waals surface area (Å²) in [6.45, 7) is 6.54. The van der Waals surface area contributed by atoms with Gasteiger partial charge < -0.3 is 5.32 Å². The van der Waals surface area contributed by atoms with Crippen molar-refractivity contribution >= 4 is 21.7 Å². The molecule has 0 heterocycles. The van der Waals surface area contributed by atoms with Crippen molar-refractivity contribution in [3.8, 4) is 0 Å². The number of halogens is 1. The van der Waals surface area contributed by atoms with Gasteiger partial charge in [0.25, 0.3) is 0 Å². The minimum Gasteiger partial charge on any atom is -0.316 e. The topological polar surface area (TPSA) is 29.1 Å². The molecule has 1 aliphatic rings. The third kappa shape index (κ3) is 4.42. The molecule has 20 heavy (non-hydrogen) atoms. The smallest absolute Gasteiger partial charge is 0.132 e. The monoisotopic (exact) mass is 337 g/mol. The molecule has 0 bridgehead atoms. The number of benzene rings is 1. The molecule has 2 rings (SSSR count). The Labute approximate surface area is 130 Å². The average Bonchev–Trinajstić information content (AvgIpc) is 2.41. The first-order valence-corrected chi connectivity index (χ1v) is 8.25. The summed E-state index contributed by atoms with van der Waals surface area (Å²) >= 11 is 3.54. The van der Waals surface area contributed by atoms with Crippen LogP contribution in [0.4, 0.5) is 0 Å². The van der Waals surface area contributed by atoms with Crippen LogP contribution in [0.3, 0.4) is 0 Å². The molecule has 0 spiro atoms. The van der Waals surface area contributed by atoms with Crippen LogP contribution in [-0.4, -0.2) is 18.9 Å². The SMILES string of the molecule is CC(C)(CNCC1CCC(=O)CC1)c1cccc(Br)c1. The number of hydrogen-bond donors (Lipinski definition) is 1. The van der Waals surface area contributed by atoms with Gasteiger partial charge in [0.2, 0.25) is 0 Å². The molecule has 3 heteroatoms. The van der Waals surface area contributed by atoms with E-state index in [0.717, 1.165) is 43.2 Å². The highest BCUT2D eigenvalue weighted by Gasteiger charge is 2.22. The molecule has 1 N–H and O–H groups in total. The predicted molar refractivity (Wildman–Crippen MR) is 87.0 cm³/mol. The molecule has 2 nitrogen and oxygen atoms in total. The van der Waals surface area contributed by atoms with Gasteiger partial charge in [0.15, 0.2) is 0 Å². The normalized spacial score (nSPS) is 17.4. The molecule has 0 atom stereocenters. The number of ketones is 1. The van der Waals surface area contributed by atoms with E-state index in [1.807, 2.05) is 0 Å². The average molecular weight is 338 g/mol. The first-order valence-electron chi connectivity index (χ1n) is 7.46. The van der Waals surface area contributed by atoms with Gasteiger partial charge in [0.1, 0.15) is 5.78 Å². The summed E-state index contributed by atoms with van der Waals surface area (Å²) in [4.78, 5) is 11.2. The van der Waals surface area contributed by atoms with Gasteiger partial charge in [-0.2, -0.15) is 0 Å². The van der Waals surface area contributed by atoms with E-state index in [0.29, 0.717) is 11.7 Å². The van der Waals surface area contributed by atoms with Crippen molar-refractivity contribution in [2.24, 2.45) is 5.92 Å². The van der Waals surface area contributed by atoms with Crippen LogP contribution in [0.2, 0.25) is 0 Å². The van der Waals surface area contributed by atoms with Crippen molar-refractivity contribution in [2.75, 3.05) is 13.1 Å². The third-order valence-corrected chi connectivity index (χ3v) is 4.76. The fourth-order valence-corrected chi connectivity index (χ4v) is 3.20. The molecule has 0 aliphatic heterocycles. The maximum atomic E-state index is 11.2. The molecule has 0 radical (unpaired) electrons. The van der Waals surface area contributed by atoms with Gasteiger partial charge in [0.05, 0.1) is 0 Å². The van der Waals surface area contributed by atoms with E-state index in [1.165, 1.54) is 5.56 Å². The van der Waals surface area contributed by atoms with Crippen molar-refractivity contribution in [1.29, 1.82) is 0 Å². The number of hydrogen-bond acceptors (Lipinski definition) is 2. The lowest BCUT2D eigenvalue weighted by atomic mass is 9.84. The summed E-state index contributed by atoms with van der Waals surface area (Å²) < 4.78 is 1.13. The van der Waals surface area contributed by atoms with Crippen LogP contribution in [-0.2, 0) is 10.2 Å². The minimum absolute atomic E-state index is 0.119. The number of carbonyl (C=O) groups excluding carboxylic acids is 1. The van der Waals surface area contributed by atoms with Crippen LogP contribution < -0.4 is 5.32 Å². The van der Waals surface area contributed by atoms with Crippen LogP contribution in [0.5, 0.6) is 0 Å². The summed E-state index contributed by atoms with van der Waals surface area (Å²) in [7, 11) is 0. The lowest BCUT2D eigenvalue weighted by Gasteiger charge is -2.28. The largest absolute Gasteiger partial charge is 0.316 e. The van der Waals surface area contributed by atoms with Crippen molar-refractivity contribution in [1.82, 2.24) is 5.32 Å². The van der Waals surface area contributed by atoms with Gasteiger partial charge in [-0.3, -0.25) is 4.79 Å². The lowest BCUT2D eigenvalue weighted by molar-refractivity contribution is -0.120. The number of rotatable bonds is 5. The van der Waals surface area contributed by atoms with Crippen LogP contribution in [0.25, 0.3) is 0 Å². The highest BCUT2D eigenvalue weighted by atomic mass is 79.9. The molecule has 0 unspecified atom stereocenters. The molecule has 110 valence electrons. The second-order valence-electron chi connectivity index (χ2n) is 6.51. The van der Waals surface area contributed by atoms with E-state index in [1.54, 1.807) is 0 Å². The fraction of sp³-hybridized carbons (Fsp3) is 0.588. The van der Waals surface area contributed by atoms with E-state index >= 15 is 0 Å². The zero-order valence-electron chi connectivity index (χ0n) is 12.4. The van der Waals surface area contributed by atoms with Crippen LogP contribution >= 0.6 is 15.9 Å². The van der Waals surface area contributed by atoms with Gasteiger partial charge >= 0.3 is 0 Å². The quantitative estimate of drug-likeness (QED) is 0.877. The molecule has 0 aromatic heterocycles. The Morgan fingerprint density at radius 1 is 1.30 bits per heavy atom. The molecular weight excluding hydrogens is 314 g/mol. The zero-order valence-corrected chi connectivity index (χ0v) is 14.0. The molecule has 1 aliphatic carbocycles. The molecule has 0 saturated heterocycles. The van der Waals surface area contributed by atoms with E-state index in [-0.39, 0.29) is 5.41 Å². The molecule has 1 saturated carbocycles. The Morgan fingerprint density at radius 2 is 2.00 bits per heavy atom. The Hall–Kier alpha value is -0.670. The maximum absolute atomic E-state index is 11.2. The Kier molecular flexibility index (Phi) is 5.39. The van der Waals surface area contributed by atoms with Gasteiger partial charge in [-0.25, -0.2) is 0 Å². The van der Waals surface area contributed by atoms with Gasteiger partial charge in [-0.1, -0.05) is 41.9 Å². The number of Topliss-reactive ketones (excluding diaryl/α,β-unsaturated/α-hetero) is 1. The Morgan fingerprint density at radius 3 is 2.65 bits per heavy atom. The highest BCUT2D eigenvalue weighted by Crippen LogP contribution is 2.26. The molecular formula is C17H24BrNO. The van der Waals surface area contributed by atoms with E-state index in [4.69, 9.17) is 0 Å². The molecule has 1 fully saturated rings. The maximum Gasteiger partial charge on any atom is 0.132 e. The molecule has 1 aromatic rings. The minimum atomic E-state index is 0.119. The standard InChI is InChI=1S/C17H24BrNO/c1-17(2,14-4-3-5-15(18)10-14)12-19-11-13-6-8-16(20)9-7-13/h3-5,10,13,19H,6-9,11-12H2,1-2H3. The summed E-state index contributed by atoms with van der Waals surface area (Å²) in [5, 5.41) is 3.60. The Balaban J connectivity index is 1.82. The number of nitrogens with one attached hydrogen (secondary N) is 1. The van der Waals surface area contributed by atoms with Crippen LogP contribution in [0.15, 0.2) is 28.7 Å². The highest BCUT2D eigenvalue weighted by molar-refractivity contribution is 9.10. The summed E-state index contributed by atoms with van der Waals surface area (Å²) in [5.41, 5.74) is 1.46. The van der Waals surface area contributed by atoms with Crippen molar-refractivity contribution in [3.63, 3.8) is 0 Å². The van der Waals surface area contributed by atoms with Gasteiger partial charge in [0, 0.05) is 29.3 Å². The van der Waals surface area contributed by atoms with Crippen molar-refractivity contribution in [3.05, 3.63) is 34.3 Å². The first kappa shape index (κ1) is 15.7. The summed E-state index contributed by atoms with van der Waals surface area (Å²) in [6.07, 6.45) is 3.68. The van der Waals surface area contributed by atoms with Gasteiger partial charge in [-0.05, 0) is 43.0 Å². The second-order valence-corrected chi connectivity index (χ2v) is 7.42. The predicted octanol–water partition coefficient (Wildman–Crippen LogP) is 4.08. The lowest BCUT2D eigenvalue weighted by Crippen LogP contribution is -2.36. The third-order valence-electron chi connectivity index (χ3n) is 4.27. The van der Waals surface area contributed by atoms with E-state index < -0.39 is 0 Å². The van der Waals surface area contributed by atoms with E-state index in [9.17, 15) is 4.79 Å². The zero-order chi connectivity index (χ0) is 14.6. The second kappa shape index (κ2) is 6.86. The molecule has 0 amide bonds. The molecule has 1 aromatic carbocycles. The Bertz CT molecular complexity index is 460. The van der Waals surface area contributed by atoms with E-state index in [2.05, 4.69) is 59.4 Å². The summed E-state index contributed by atoms with van der Waals surface area (Å²) in [5.74, 6) is 1.11. The first-order chi connectivity index (χ1) is 9.47.